The van der Waals surface area contributed by atoms with Gasteiger partial charge in [-0.15, -0.1) is 0 Å². The van der Waals surface area contributed by atoms with E-state index in [-0.39, 0.29) is 23.4 Å². The Morgan fingerprint density at radius 1 is 1.03 bits per heavy atom. The number of rotatable bonds is 5. The van der Waals surface area contributed by atoms with Gasteiger partial charge >= 0.3 is 0 Å². The maximum atomic E-state index is 13.6. The summed E-state index contributed by atoms with van der Waals surface area (Å²) in [7, 11) is 0. The maximum absolute atomic E-state index is 13.6. The van der Waals surface area contributed by atoms with E-state index in [0.717, 1.165) is 5.56 Å². The van der Waals surface area contributed by atoms with Crippen molar-refractivity contribution in [3.05, 3.63) is 66.2 Å². The number of carbonyl (C=O) groups is 3. The number of hydrogen-bond acceptors (Lipinski definition) is 4. The number of carbonyl (C=O) groups excluding carboxylic acids is 3. The smallest absolute Gasteiger partial charge is 0.248 e. The van der Waals surface area contributed by atoms with Gasteiger partial charge in [-0.25, -0.2) is 0 Å². The van der Waals surface area contributed by atoms with Crippen molar-refractivity contribution in [2.45, 2.75) is 38.8 Å². The monoisotopic (exact) mass is 410 g/mol. The summed E-state index contributed by atoms with van der Waals surface area (Å²) in [4.78, 5) is 40.3. The fourth-order valence-electron chi connectivity index (χ4n) is 3.35. The largest absolute Gasteiger partial charge is 0.349 e. The average molecular weight is 411 g/mol. The molecule has 0 aromatic heterocycles. The molecule has 2 atom stereocenters. The number of thioether (sulfide) groups is 1. The van der Waals surface area contributed by atoms with Crippen molar-refractivity contribution >= 4 is 34.4 Å². The van der Waals surface area contributed by atoms with Crippen LogP contribution in [-0.4, -0.2) is 28.2 Å². The summed E-state index contributed by atoms with van der Waals surface area (Å²) in [6.45, 7) is 5.73. The zero-order chi connectivity index (χ0) is 21.0. The normalized spacial score (nSPS) is 17.6. The lowest BCUT2D eigenvalue weighted by molar-refractivity contribution is -0.129. The molecule has 1 aliphatic heterocycles. The highest BCUT2D eigenvalue weighted by Crippen LogP contribution is 2.34. The Morgan fingerprint density at radius 2 is 1.62 bits per heavy atom. The van der Waals surface area contributed by atoms with Crippen molar-refractivity contribution in [3.8, 4) is 0 Å². The van der Waals surface area contributed by atoms with E-state index < -0.39 is 17.5 Å². The molecule has 3 rings (SSSR count). The van der Waals surface area contributed by atoms with E-state index >= 15 is 0 Å². The van der Waals surface area contributed by atoms with Crippen LogP contribution in [0.15, 0.2) is 60.7 Å². The second-order valence-corrected chi connectivity index (χ2v) is 9.26. The average Bonchev–Trinajstić information content (AvgIpc) is 3.12. The van der Waals surface area contributed by atoms with Crippen molar-refractivity contribution in [1.82, 2.24) is 5.32 Å². The van der Waals surface area contributed by atoms with E-state index in [0.29, 0.717) is 11.4 Å². The van der Waals surface area contributed by atoms with Gasteiger partial charge in [0.2, 0.25) is 11.8 Å². The molecule has 1 N–H and O–H groups in total. The minimum Gasteiger partial charge on any atom is -0.349 e. The lowest BCUT2D eigenvalue weighted by Gasteiger charge is -2.35. The lowest BCUT2D eigenvalue weighted by Crippen LogP contribution is -2.50. The number of benzene rings is 2. The fraction of sp³-hybridized carbons (Fsp3) is 0.348. The summed E-state index contributed by atoms with van der Waals surface area (Å²) in [5.41, 5.74) is 0.914. The first-order chi connectivity index (χ1) is 13.8. The Morgan fingerprint density at radius 3 is 2.14 bits per heavy atom. The van der Waals surface area contributed by atoms with Crippen molar-refractivity contribution in [2.24, 2.45) is 5.92 Å². The molecule has 0 radical (unpaired) electrons. The molecule has 29 heavy (non-hydrogen) atoms. The summed E-state index contributed by atoms with van der Waals surface area (Å²) in [5, 5.41) is 3.04. The number of amides is 2. The first-order valence-corrected chi connectivity index (χ1v) is 10.7. The topological polar surface area (TPSA) is 66.5 Å². The van der Waals surface area contributed by atoms with Gasteiger partial charge in [0.15, 0.2) is 5.12 Å². The predicted octanol–water partition coefficient (Wildman–Crippen LogP) is 3.96. The molecular formula is C23H26N2O3S. The molecule has 2 aromatic rings. The zero-order valence-electron chi connectivity index (χ0n) is 16.9. The van der Waals surface area contributed by atoms with Gasteiger partial charge < -0.3 is 5.32 Å². The highest BCUT2D eigenvalue weighted by molar-refractivity contribution is 8.14. The quantitative estimate of drug-likeness (QED) is 0.810. The molecule has 5 nitrogen and oxygen atoms in total. The Labute approximate surface area is 175 Å². The van der Waals surface area contributed by atoms with E-state index in [4.69, 9.17) is 0 Å². The van der Waals surface area contributed by atoms with Crippen molar-refractivity contribution < 1.29 is 14.4 Å². The van der Waals surface area contributed by atoms with Crippen LogP contribution in [0.2, 0.25) is 0 Å². The third kappa shape index (κ3) is 5.26. The van der Waals surface area contributed by atoms with Gasteiger partial charge in [0.05, 0.1) is 5.92 Å². The van der Waals surface area contributed by atoms with E-state index in [1.807, 2.05) is 81.4 Å². The standard InChI is InChI=1S/C23H26N2O3S/c1-23(2,3)24-21(27)20(16-10-6-4-7-11-16)25(18-12-8-5-9-13-18)22(28)17-14-19(26)29-15-17/h4-13,17,20H,14-15H2,1-3H3,(H,24,27)/t17-,20-/m1/s1. The van der Waals surface area contributed by atoms with Crippen LogP contribution in [0.1, 0.15) is 38.8 Å². The zero-order valence-corrected chi connectivity index (χ0v) is 17.7. The van der Waals surface area contributed by atoms with E-state index in [2.05, 4.69) is 5.32 Å². The molecular weight excluding hydrogens is 384 g/mol. The minimum absolute atomic E-state index is 0.0202. The Kier molecular flexibility index (Phi) is 6.42. The molecule has 2 amide bonds. The third-order valence-electron chi connectivity index (χ3n) is 4.60. The Balaban J connectivity index is 2.08. The summed E-state index contributed by atoms with van der Waals surface area (Å²) in [5.74, 6) is -0.435. The van der Waals surface area contributed by atoms with Crippen LogP contribution < -0.4 is 10.2 Å². The molecule has 0 spiro atoms. The van der Waals surface area contributed by atoms with Crippen molar-refractivity contribution in [3.63, 3.8) is 0 Å². The van der Waals surface area contributed by atoms with E-state index in [1.165, 1.54) is 11.8 Å². The Bertz CT molecular complexity index is 878. The van der Waals surface area contributed by atoms with E-state index in [9.17, 15) is 14.4 Å². The van der Waals surface area contributed by atoms with Crippen LogP contribution in [0.25, 0.3) is 0 Å². The van der Waals surface area contributed by atoms with Crippen LogP contribution in [0, 0.1) is 5.92 Å². The summed E-state index contributed by atoms with van der Waals surface area (Å²) in [6, 6.07) is 17.7. The lowest BCUT2D eigenvalue weighted by atomic mass is 9.98. The predicted molar refractivity (Wildman–Crippen MR) is 117 cm³/mol. The van der Waals surface area contributed by atoms with Crippen LogP contribution in [0.3, 0.4) is 0 Å². The molecule has 1 aliphatic rings. The van der Waals surface area contributed by atoms with Crippen LogP contribution >= 0.6 is 11.8 Å². The third-order valence-corrected chi connectivity index (χ3v) is 5.66. The van der Waals surface area contributed by atoms with Gasteiger partial charge in [0, 0.05) is 23.4 Å². The number of nitrogens with one attached hydrogen (secondary N) is 1. The van der Waals surface area contributed by atoms with Crippen LogP contribution in [0.5, 0.6) is 0 Å². The SMILES string of the molecule is CC(C)(C)NC(=O)[C@@H](c1ccccc1)N(C(=O)[C@H]1CSC(=O)C1)c1ccccc1. The molecule has 152 valence electrons. The molecule has 6 heteroatoms. The van der Waals surface area contributed by atoms with Crippen LogP contribution in [-0.2, 0) is 14.4 Å². The molecule has 0 bridgehead atoms. The van der Waals surface area contributed by atoms with Crippen LogP contribution in [0.4, 0.5) is 5.69 Å². The van der Waals surface area contributed by atoms with Gasteiger partial charge in [-0.05, 0) is 38.5 Å². The second kappa shape index (κ2) is 8.82. The fourth-order valence-corrected chi connectivity index (χ4v) is 4.32. The van der Waals surface area contributed by atoms with Gasteiger partial charge in [0.1, 0.15) is 6.04 Å². The maximum Gasteiger partial charge on any atom is 0.248 e. The highest BCUT2D eigenvalue weighted by Gasteiger charge is 2.39. The molecule has 0 saturated carbocycles. The minimum atomic E-state index is -0.828. The second-order valence-electron chi connectivity index (χ2n) is 8.18. The number of anilines is 1. The molecule has 0 aliphatic carbocycles. The highest BCUT2D eigenvalue weighted by atomic mass is 32.2. The van der Waals surface area contributed by atoms with Crippen molar-refractivity contribution in [1.29, 1.82) is 0 Å². The molecule has 0 unspecified atom stereocenters. The molecule has 1 saturated heterocycles. The first-order valence-electron chi connectivity index (χ1n) is 9.67. The first kappa shape index (κ1) is 21.1. The number of hydrogen-bond donors (Lipinski definition) is 1. The summed E-state index contributed by atoms with van der Waals surface area (Å²) in [6.07, 6.45) is 0.204. The van der Waals surface area contributed by atoms with E-state index in [1.54, 1.807) is 4.90 Å². The number of para-hydroxylation sites is 1. The van der Waals surface area contributed by atoms with Gasteiger partial charge in [-0.2, -0.15) is 0 Å². The van der Waals surface area contributed by atoms with Crippen molar-refractivity contribution in [2.75, 3.05) is 10.7 Å². The summed E-state index contributed by atoms with van der Waals surface area (Å²) < 4.78 is 0. The van der Waals surface area contributed by atoms with Gasteiger partial charge in [-0.1, -0.05) is 60.3 Å². The number of nitrogens with zero attached hydrogens (tertiary/aromatic N) is 1. The summed E-state index contributed by atoms with van der Waals surface area (Å²) >= 11 is 1.19. The molecule has 1 fully saturated rings. The molecule has 1 heterocycles. The Hall–Kier alpha value is -2.60. The van der Waals surface area contributed by atoms with Gasteiger partial charge in [0.25, 0.3) is 0 Å². The molecule has 2 aromatic carbocycles. The van der Waals surface area contributed by atoms with Gasteiger partial charge in [-0.3, -0.25) is 19.3 Å².